The molecule has 4 heterocycles. The second kappa shape index (κ2) is 8.64. The van der Waals surface area contributed by atoms with Crippen LogP contribution in [-0.2, 0) is 4.79 Å². The molecule has 2 aromatic carbocycles. The van der Waals surface area contributed by atoms with Crippen molar-refractivity contribution in [1.29, 1.82) is 0 Å². The predicted molar refractivity (Wildman–Crippen MR) is 139 cm³/mol. The SMILES string of the molecule is Nc1nc2c(-c3c(Cl)cc4c(N5CCC6(CC5)CN(C(=O)CCl)C6)ncnc4c3F)ccc(F)c2s1. The summed E-state index contributed by atoms with van der Waals surface area (Å²) in [7, 11) is 0. The molecule has 2 saturated heterocycles. The van der Waals surface area contributed by atoms with Crippen LogP contribution in [0.2, 0.25) is 5.02 Å². The number of carbonyl (C=O) groups excluding carboxylic acids is 1. The molecule has 12 heteroatoms. The Bertz CT molecular complexity index is 1530. The first kappa shape index (κ1) is 23.6. The number of carbonyl (C=O) groups is 1. The monoisotopic (exact) mass is 548 g/mol. The molecule has 0 bridgehead atoms. The zero-order valence-corrected chi connectivity index (χ0v) is 21.2. The van der Waals surface area contributed by atoms with Crippen LogP contribution in [0.3, 0.4) is 0 Å². The second-order valence-electron chi connectivity index (χ2n) is 9.34. The average molecular weight is 549 g/mol. The topological polar surface area (TPSA) is 88.2 Å². The Kier molecular flexibility index (Phi) is 5.66. The molecule has 2 N–H and O–H groups in total. The number of alkyl halides is 1. The normalized spacial score (nSPS) is 17.2. The summed E-state index contributed by atoms with van der Waals surface area (Å²) in [5, 5.41) is 0.837. The minimum atomic E-state index is -0.622. The first-order valence-electron chi connectivity index (χ1n) is 11.4. The molecule has 4 aromatic rings. The maximum absolute atomic E-state index is 15.9. The van der Waals surface area contributed by atoms with E-state index in [0.717, 1.165) is 24.2 Å². The van der Waals surface area contributed by atoms with Crippen molar-refractivity contribution in [3.05, 3.63) is 41.2 Å². The van der Waals surface area contributed by atoms with Gasteiger partial charge in [0, 0.05) is 48.1 Å². The van der Waals surface area contributed by atoms with Crippen molar-refractivity contribution in [1.82, 2.24) is 19.9 Å². The highest BCUT2D eigenvalue weighted by molar-refractivity contribution is 7.22. The van der Waals surface area contributed by atoms with E-state index in [1.807, 2.05) is 0 Å². The van der Waals surface area contributed by atoms with E-state index < -0.39 is 11.6 Å². The van der Waals surface area contributed by atoms with Gasteiger partial charge in [-0.15, -0.1) is 11.6 Å². The molecule has 186 valence electrons. The van der Waals surface area contributed by atoms with E-state index in [2.05, 4.69) is 19.9 Å². The fourth-order valence-corrected chi connectivity index (χ4v) is 6.57. The van der Waals surface area contributed by atoms with Gasteiger partial charge in [-0.1, -0.05) is 22.9 Å². The fourth-order valence-electron chi connectivity index (χ4n) is 5.34. The quantitative estimate of drug-likeness (QED) is 0.359. The second-order valence-corrected chi connectivity index (χ2v) is 11.0. The molecule has 1 amide bonds. The maximum atomic E-state index is 15.9. The number of aromatic nitrogens is 3. The molecule has 0 unspecified atom stereocenters. The largest absolute Gasteiger partial charge is 0.375 e. The molecule has 2 aliphatic heterocycles. The summed E-state index contributed by atoms with van der Waals surface area (Å²) in [6, 6.07) is 4.37. The number of fused-ring (bicyclic) bond motifs is 2. The summed E-state index contributed by atoms with van der Waals surface area (Å²) >= 11 is 13.3. The van der Waals surface area contributed by atoms with Crippen LogP contribution in [0.25, 0.3) is 32.2 Å². The summed E-state index contributed by atoms with van der Waals surface area (Å²) in [4.78, 5) is 28.6. The minimum absolute atomic E-state index is 0.00272. The van der Waals surface area contributed by atoms with Gasteiger partial charge in [-0.05, 0) is 31.0 Å². The van der Waals surface area contributed by atoms with Crippen molar-refractivity contribution in [2.75, 3.05) is 42.7 Å². The highest BCUT2D eigenvalue weighted by Crippen LogP contribution is 2.44. The molecule has 36 heavy (non-hydrogen) atoms. The summed E-state index contributed by atoms with van der Waals surface area (Å²) in [6.45, 7) is 2.86. The minimum Gasteiger partial charge on any atom is -0.375 e. The van der Waals surface area contributed by atoms with Gasteiger partial charge < -0.3 is 15.5 Å². The molecule has 6 rings (SSSR count). The van der Waals surface area contributed by atoms with Crippen LogP contribution < -0.4 is 10.6 Å². The summed E-state index contributed by atoms with van der Waals surface area (Å²) in [5.41, 5.74) is 6.74. The Hall–Kier alpha value is -2.82. The van der Waals surface area contributed by atoms with E-state index in [0.29, 0.717) is 42.9 Å². The number of likely N-dealkylation sites (tertiary alicyclic amines) is 1. The maximum Gasteiger partial charge on any atom is 0.237 e. The summed E-state index contributed by atoms with van der Waals surface area (Å²) in [5.74, 6) is -0.524. The third-order valence-corrected chi connectivity index (χ3v) is 8.64. The van der Waals surface area contributed by atoms with E-state index in [9.17, 15) is 9.18 Å². The average Bonchev–Trinajstić information content (AvgIpc) is 3.25. The molecule has 0 radical (unpaired) electrons. The van der Waals surface area contributed by atoms with E-state index in [1.165, 1.54) is 18.5 Å². The van der Waals surface area contributed by atoms with Crippen LogP contribution in [-0.4, -0.2) is 57.8 Å². The number of hydrogen-bond donors (Lipinski definition) is 1. The lowest BCUT2D eigenvalue weighted by Gasteiger charge is -2.54. The zero-order chi connectivity index (χ0) is 25.2. The summed E-state index contributed by atoms with van der Waals surface area (Å²) < 4.78 is 30.5. The Morgan fingerprint density at radius 1 is 1.17 bits per heavy atom. The Morgan fingerprint density at radius 2 is 1.92 bits per heavy atom. The number of anilines is 2. The first-order chi connectivity index (χ1) is 17.3. The number of thiazole rings is 1. The number of amides is 1. The number of benzene rings is 2. The lowest BCUT2D eigenvalue weighted by molar-refractivity contribution is -0.141. The van der Waals surface area contributed by atoms with Crippen LogP contribution >= 0.6 is 34.5 Å². The smallest absolute Gasteiger partial charge is 0.237 e. The van der Waals surface area contributed by atoms with Crippen molar-refractivity contribution >= 4 is 72.5 Å². The Balaban J connectivity index is 1.35. The van der Waals surface area contributed by atoms with E-state index in [1.54, 1.807) is 11.0 Å². The van der Waals surface area contributed by atoms with E-state index in [4.69, 9.17) is 28.9 Å². The number of piperidine rings is 1. The van der Waals surface area contributed by atoms with E-state index in [-0.39, 0.29) is 48.7 Å². The Morgan fingerprint density at radius 3 is 2.64 bits per heavy atom. The van der Waals surface area contributed by atoms with Crippen molar-refractivity contribution in [3.63, 3.8) is 0 Å². The van der Waals surface area contributed by atoms with Gasteiger partial charge in [0.05, 0.1) is 15.2 Å². The predicted octanol–water partition coefficient (Wildman–Crippen LogP) is 5.09. The molecule has 1 spiro atoms. The van der Waals surface area contributed by atoms with Gasteiger partial charge >= 0.3 is 0 Å². The highest BCUT2D eigenvalue weighted by Gasteiger charge is 2.46. The fraction of sp³-hybridized carbons (Fsp3) is 0.333. The van der Waals surface area contributed by atoms with Crippen LogP contribution in [0.5, 0.6) is 0 Å². The van der Waals surface area contributed by atoms with E-state index >= 15 is 4.39 Å². The van der Waals surface area contributed by atoms with Crippen LogP contribution in [0, 0.1) is 17.0 Å². The van der Waals surface area contributed by atoms with Gasteiger partial charge in [-0.2, -0.15) is 0 Å². The van der Waals surface area contributed by atoms with Crippen LogP contribution in [0.15, 0.2) is 24.5 Å². The lowest BCUT2D eigenvalue weighted by atomic mass is 9.72. The van der Waals surface area contributed by atoms with Crippen LogP contribution in [0.4, 0.5) is 19.7 Å². The number of nitrogens with two attached hydrogens (primary N) is 1. The molecule has 2 aliphatic rings. The third-order valence-electron chi connectivity index (χ3n) is 7.22. The molecule has 7 nitrogen and oxygen atoms in total. The molecule has 0 aliphatic carbocycles. The van der Waals surface area contributed by atoms with Gasteiger partial charge in [0.2, 0.25) is 5.91 Å². The molecular formula is C24H20Cl2F2N6OS. The standard InChI is InChI=1S/C24H20Cl2F2N6OS/c25-8-16(35)34-9-24(10-34)3-5-33(6-4-24)22-13-7-14(26)17(18(28)19(13)30-11-31-22)12-1-2-15(27)21-20(12)32-23(29)36-21/h1-2,7,11H,3-6,8-10H2,(H2,29,32). The molecule has 2 aromatic heterocycles. The zero-order valence-electron chi connectivity index (χ0n) is 18.9. The molecular weight excluding hydrogens is 529 g/mol. The van der Waals surface area contributed by atoms with Crippen molar-refractivity contribution in [2.45, 2.75) is 12.8 Å². The first-order valence-corrected chi connectivity index (χ1v) is 13.1. The summed E-state index contributed by atoms with van der Waals surface area (Å²) in [6.07, 6.45) is 3.11. The van der Waals surface area contributed by atoms with Crippen molar-refractivity contribution in [2.24, 2.45) is 5.41 Å². The highest BCUT2D eigenvalue weighted by atomic mass is 35.5. The number of hydrogen-bond acceptors (Lipinski definition) is 7. The number of halogens is 4. The van der Waals surface area contributed by atoms with Gasteiger partial charge in [0.15, 0.2) is 10.9 Å². The number of rotatable bonds is 3. The molecule has 0 atom stereocenters. The van der Waals surface area contributed by atoms with Gasteiger partial charge in [-0.25, -0.2) is 23.7 Å². The van der Waals surface area contributed by atoms with Crippen molar-refractivity contribution in [3.8, 4) is 11.1 Å². The lowest BCUT2D eigenvalue weighted by Crippen LogP contribution is -2.62. The molecule has 2 fully saturated rings. The Labute approximate surface area is 218 Å². The van der Waals surface area contributed by atoms with Crippen LogP contribution in [0.1, 0.15) is 12.8 Å². The number of nitrogen functional groups attached to an aromatic ring is 1. The van der Waals surface area contributed by atoms with Gasteiger partial charge in [-0.3, -0.25) is 4.79 Å². The number of nitrogens with zero attached hydrogens (tertiary/aromatic N) is 5. The third kappa shape index (κ3) is 3.65. The molecule has 0 saturated carbocycles. The van der Waals surface area contributed by atoms with Gasteiger partial charge in [0.25, 0.3) is 0 Å². The van der Waals surface area contributed by atoms with Crippen molar-refractivity contribution < 1.29 is 13.6 Å². The van der Waals surface area contributed by atoms with Gasteiger partial charge in [0.1, 0.15) is 29.4 Å².